The molecule has 2 heterocycles. The van der Waals surface area contributed by atoms with E-state index in [1.165, 1.54) is 23.1 Å². The van der Waals surface area contributed by atoms with E-state index in [2.05, 4.69) is 26.2 Å². The average molecular weight is 1140 g/mol. The van der Waals surface area contributed by atoms with Gasteiger partial charge >= 0.3 is 29.0 Å². The van der Waals surface area contributed by atoms with Gasteiger partial charge in [0.05, 0.1) is 45.2 Å². The summed E-state index contributed by atoms with van der Waals surface area (Å²) >= 11 is 24.5. The van der Waals surface area contributed by atoms with Crippen LogP contribution in [0, 0.1) is 41.0 Å². The third-order valence-electron chi connectivity index (χ3n) is 9.10. The Morgan fingerprint density at radius 3 is 1.59 bits per heavy atom. The summed E-state index contributed by atoms with van der Waals surface area (Å²) in [5, 5.41) is 29.9. The zero-order valence-corrected chi connectivity index (χ0v) is 42.0. The minimum absolute atomic E-state index is 0. The van der Waals surface area contributed by atoms with E-state index in [4.69, 9.17) is 60.6 Å². The van der Waals surface area contributed by atoms with E-state index in [9.17, 15) is 41.4 Å². The van der Waals surface area contributed by atoms with Crippen molar-refractivity contribution in [2.75, 3.05) is 13.7 Å². The van der Waals surface area contributed by atoms with Gasteiger partial charge in [0.1, 0.15) is 48.3 Å². The molecule has 0 saturated carbocycles. The van der Waals surface area contributed by atoms with Crippen LogP contribution < -0.4 is 26.5 Å². The van der Waals surface area contributed by atoms with Crippen LogP contribution in [0.15, 0.2) is 116 Å². The first-order valence-corrected chi connectivity index (χ1v) is 20.8. The summed E-state index contributed by atoms with van der Waals surface area (Å²) in [5.41, 5.74) is -1.65. The zero-order chi connectivity index (χ0) is 49.3. The molecular weight excluding hydrogens is 1100 g/mol. The summed E-state index contributed by atoms with van der Waals surface area (Å²) in [5.74, 6) is -5.67. The molecule has 12 nitrogen and oxygen atoms in total. The number of esters is 1. The number of halogens is 11. The molecule has 0 atom stereocenters. The summed E-state index contributed by atoms with van der Waals surface area (Å²) in [6.45, 7) is 2.24. The number of phenols is 1. The minimum atomic E-state index is -2.54. The van der Waals surface area contributed by atoms with Gasteiger partial charge in [-0.2, -0.15) is 6.07 Å². The number of methoxy groups -OCH3 is 1. The van der Waals surface area contributed by atoms with E-state index < -0.39 is 63.4 Å². The Bertz CT molecular complexity index is 2930. The SMILES string of the molecule is C.CCOC(=O)c1ncn(-c2cc(Cl)c(OCc3ccc(OC)cc3)c(Cl)c2)n1.Fc1c[c-]cc(F)c1.Oc1c(Cl)cc(-n2cnc(C(O)(c3cc(F)cc(F)c3)c3cc(F)cc(F)c3)n2)cc1Cl.[Br-].[Mg+2]. The topological polar surface area (TPSA) is 147 Å². The van der Waals surface area contributed by atoms with E-state index >= 15 is 0 Å². The Hall–Kier alpha value is -5.58. The molecule has 71 heavy (non-hydrogen) atoms. The number of rotatable bonds is 11. The largest absolute Gasteiger partial charge is 2.00 e. The number of aliphatic hydroxyl groups is 1. The summed E-state index contributed by atoms with van der Waals surface area (Å²) in [4.78, 5) is 19.6. The fourth-order valence-electron chi connectivity index (χ4n) is 5.97. The fraction of sp³-hybridized carbons (Fsp3) is 0.128. The standard InChI is InChI=1S/C21H11Cl2F4N3O2.C19H17Cl2N3O4.C6H3F2.CH4.BrH.Mg/c22-17-7-16(8-18(23)19(17)31)30-9-28-20(29-30)21(32,10-1-12(24)5-13(25)2-10)11-3-14(26)6-15(27)4-11;1-3-27-19(25)18-22-11-24(23-18)13-8-15(20)17(16(21)9-13)28-10-12-4-6-14(26-2)7-5-12;7-5-2-1-3-6(8)4-5;;;/h1-9,31-32H;4-9,11H,3,10H2,1-2H3;2-4H;1H4;1H;/q;;-1;;;+2/p-1. The first kappa shape index (κ1) is 59.7. The molecule has 8 rings (SSSR count). The van der Waals surface area contributed by atoms with Crippen LogP contribution in [-0.2, 0) is 16.9 Å². The number of hydrogen-bond acceptors (Lipinski definition) is 10. The first-order chi connectivity index (χ1) is 32.4. The second-order valence-corrected chi connectivity index (χ2v) is 15.4. The molecule has 8 aromatic rings. The van der Waals surface area contributed by atoms with Crippen LogP contribution in [0.4, 0.5) is 26.3 Å². The van der Waals surface area contributed by atoms with E-state index in [1.807, 2.05) is 24.3 Å². The van der Waals surface area contributed by atoms with E-state index in [0.29, 0.717) is 40.2 Å². The monoisotopic (exact) mass is 1140 g/mol. The van der Waals surface area contributed by atoms with Gasteiger partial charge in [-0.05, 0) is 73.2 Å². The first-order valence-electron chi connectivity index (χ1n) is 19.3. The maximum absolute atomic E-state index is 13.9. The van der Waals surface area contributed by atoms with Gasteiger partial charge in [-0.25, -0.2) is 41.7 Å². The van der Waals surface area contributed by atoms with E-state index in [0.717, 1.165) is 64.8 Å². The van der Waals surface area contributed by atoms with E-state index in [1.54, 1.807) is 26.2 Å². The minimum Gasteiger partial charge on any atom is -1.00 e. The van der Waals surface area contributed by atoms with Crippen molar-refractivity contribution in [3.05, 3.63) is 205 Å². The van der Waals surface area contributed by atoms with Crippen molar-refractivity contribution in [2.45, 2.75) is 26.6 Å². The van der Waals surface area contributed by atoms with Crippen molar-refractivity contribution in [1.29, 1.82) is 0 Å². The van der Waals surface area contributed by atoms with Crippen LogP contribution in [0.25, 0.3) is 11.4 Å². The van der Waals surface area contributed by atoms with Crippen LogP contribution >= 0.6 is 46.4 Å². The normalized spacial score (nSPS) is 10.5. The molecule has 6 aromatic carbocycles. The van der Waals surface area contributed by atoms with Crippen molar-refractivity contribution in [3.8, 4) is 28.6 Å². The number of carbonyl (C=O) groups is 1. The van der Waals surface area contributed by atoms with Gasteiger partial charge in [0.25, 0.3) is 5.82 Å². The van der Waals surface area contributed by atoms with Gasteiger partial charge in [0.15, 0.2) is 22.9 Å². The Labute approximate surface area is 448 Å². The van der Waals surface area contributed by atoms with Crippen molar-refractivity contribution >= 4 is 75.4 Å². The second kappa shape index (κ2) is 26.7. The maximum Gasteiger partial charge on any atom is 2.00 e. The number of nitrogens with zero attached hydrogens (tertiary/aromatic N) is 6. The van der Waals surface area contributed by atoms with Gasteiger partial charge in [-0.3, -0.25) is 8.78 Å². The number of carbonyl (C=O) groups excluding carboxylic acids is 1. The molecule has 0 aliphatic carbocycles. The number of aromatic hydroxyl groups is 1. The van der Waals surface area contributed by atoms with Crippen molar-refractivity contribution in [2.24, 2.45) is 0 Å². The molecule has 0 bridgehead atoms. The Morgan fingerprint density at radius 2 is 1.14 bits per heavy atom. The molecule has 368 valence electrons. The fourth-order valence-corrected chi connectivity index (χ4v) is 7.03. The third-order valence-corrected chi connectivity index (χ3v) is 10.2. The van der Waals surface area contributed by atoms with Crippen molar-refractivity contribution < 1.29 is 72.5 Å². The van der Waals surface area contributed by atoms with Gasteiger partial charge < -0.3 is 41.4 Å². The third kappa shape index (κ3) is 15.2. The Kier molecular flexibility index (Phi) is 22.5. The second-order valence-electron chi connectivity index (χ2n) is 13.8. The molecule has 0 radical (unpaired) electrons. The smallest absolute Gasteiger partial charge is 1.00 e. The Balaban J connectivity index is 0.000000314. The summed E-state index contributed by atoms with van der Waals surface area (Å²) < 4.78 is 97.8. The predicted molar refractivity (Wildman–Crippen MR) is 250 cm³/mol. The molecule has 2 N–H and O–H groups in total. The zero-order valence-electron chi connectivity index (χ0n) is 36.0. The van der Waals surface area contributed by atoms with Crippen LogP contribution in [-0.4, -0.2) is 82.5 Å². The molecular formula is C47H35BrCl4F6MgN6O6. The molecule has 0 spiro atoms. The quantitative estimate of drug-likeness (QED) is 0.0560. The van der Waals surface area contributed by atoms with Gasteiger partial charge in [0.2, 0.25) is 0 Å². The van der Waals surface area contributed by atoms with Gasteiger partial charge in [0, 0.05) is 34.9 Å². The number of phenolic OH excluding ortho intramolecular Hbond substituents is 1. The van der Waals surface area contributed by atoms with Crippen molar-refractivity contribution in [1.82, 2.24) is 29.5 Å². The molecule has 0 fully saturated rings. The number of aromatic nitrogens is 6. The molecule has 24 heteroatoms. The average Bonchev–Trinajstić information content (AvgIpc) is 4.00. The van der Waals surface area contributed by atoms with Gasteiger partial charge in [-0.15, -0.1) is 28.4 Å². The summed E-state index contributed by atoms with van der Waals surface area (Å²) in [6.07, 6.45) is 2.50. The summed E-state index contributed by atoms with van der Waals surface area (Å²) in [6, 6.07) is 22.9. The predicted octanol–water partition coefficient (Wildman–Crippen LogP) is 8.48. The van der Waals surface area contributed by atoms with Crippen LogP contribution in [0.2, 0.25) is 20.1 Å². The number of benzene rings is 6. The van der Waals surface area contributed by atoms with Crippen LogP contribution in [0.3, 0.4) is 0 Å². The summed E-state index contributed by atoms with van der Waals surface area (Å²) in [7, 11) is 1.61. The number of hydrogen-bond donors (Lipinski definition) is 2. The van der Waals surface area contributed by atoms with Crippen LogP contribution in [0.1, 0.15) is 47.5 Å². The van der Waals surface area contributed by atoms with Crippen molar-refractivity contribution in [3.63, 3.8) is 0 Å². The molecule has 0 aliphatic rings. The Morgan fingerprint density at radius 1 is 0.690 bits per heavy atom. The molecule has 0 amide bonds. The van der Waals surface area contributed by atoms with E-state index in [-0.39, 0.29) is 81.4 Å². The maximum atomic E-state index is 13.9. The molecule has 0 saturated heterocycles. The number of ether oxygens (including phenoxy) is 3. The van der Waals surface area contributed by atoms with Gasteiger partial charge in [-0.1, -0.05) is 66.0 Å². The molecule has 0 unspecified atom stereocenters. The molecule has 2 aromatic heterocycles. The van der Waals surface area contributed by atoms with Crippen LogP contribution in [0.5, 0.6) is 17.2 Å². The molecule has 0 aliphatic heterocycles.